The quantitative estimate of drug-likeness (QED) is 0.755. The van der Waals surface area contributed by atoms with Crippen molar-refractivity contribution in [3.05, 3.63) is 75.0 Å². The highest BCUT2D eigenvalue weighted by Gasteiger charge is 2.40. The first-order valence-corrected chi connectivity index (χ1v) is 8.84. The second-order valence-corrected chi connectivity index (χ2v) is 7.20. The van der Waals surface area contributed by atoms with Crippen LogP contribution in [0.5, 0.6) is 0 Å². The summed E-state index contributed by atoms with van der Waals surface area (Å²) in [5, 5.41) is 2.85. The zero-order valence-electron chi connectivity index (χ0n) is 13.2. The van der Waals surface area contributed by atoms with E-state index < -0.39 is 0 Å². The predicted octanol–water partition coefficient (Wildman–Crippen LogP) is 3.45. The number of aryl methyl sites for hydroxylation is 1. The third kappa shape index (κ3) is 1.53. The molecular formula is C22H19N. The second-order valence-electron chi connectivity index (χ2n) is 7.20. The van der Waals surface area contributed by atoms with Crippen LogP contribution >= 0.6 is 0 Å². The average molecular weight is 297 g/mol. The largest absolute Gasteiger partial charge is 0.358 e. The SMILES string of the molecule is C1=CC2=C(C=CC1)c1c([nH]c3c1=CC1=C4CCC=CC=3[C@@H]14)CC2. The van der Waals surface area contributed by atoms with Gasteiger partial charge in [0.25, 0.3) is 0 Å². The summed E-state index contributed by atoms with van der Waals surface area (Å²) in [5.41, 5.74) is 10.7. The van der Waals surface area contributed by atoms with E-state index >= 15 is 0 Å². The van der Waals surface area contributed by atoms with Crippen LogP contribution in [0.2, 0.25) is 0 Å². The Bertz CT molecular complexity index is 1030. The number of fused-ring (bicyclic) bond motifs is 4. The Morgan fingerprint density at radius 1 is 0.913 bits per heavy atom. The van der Waals surface area contributed by atoms with E-state index in [9.17, 15) is 0 Å². The maximum absolute atomic E-state index is 3.81. The molecule has 1 atom stereocenters. The molecule has 0 radical (unpaired) electrons. The Balaban J connectivity index is 1.72. The van der Waals surface area contributed by atoms with Gasteiger partial charge in [0.2, 0.25) is 0 Å². The summed E-state index contributed by atoms with van der Waals surface area (Å²) >= 11 is 0. The fourth-order valence-corrected chi connectivity index (χ4v) is 4.86. The number of nitrogens with one attached hydrogen (secondary N) is 1. The number of rotatable bonds is 0. The van der Waals surface area contributed by atoms with Crippen molar-refractivity contribution in [3.8, 4) is 0 Å². The molecule has 0 saturated carbocycles. The number of aromatic amines is 1. The van der Waals surface area contributed by atoms with Gasteiger partial charge in [0, 0.05) is 22.4 Å². The van der Waals surface area contributed by atoms with Gasteiger partial charge >= 0.3 is 0 Å². The predicted molar refractivity (Wildman–Crippen MR) is 94.9 cm³/mol. The number of hydrogen-bond acceptors (Lipinski definition) is 0. The molecule has 23 heavy (non-hydrogen) atoms. The summed E-state index contributed by atoms with van der Waals surface area (Å²) in [6.07, 6.45) is 22.3. The molecule has 0 amide bonds. The number of aromatic nitrogens is 1. The molecule has 0 unspecified atom stereocenters. The van der Waals surface area contributed by atoms with E-state index in [2.05, 4.69) is 47.5 Å². The van der Waals surface area contributed by atoms with Crippen molar-refractivity contribution in [1.82, 2.24) is 4.98 Å². The van der Waals surface area contributed by atoms with Gasteiger partial charge in [0.1, 0.15) is 0 Å². The Morgan fingerprint density at radius 3 is 2.87 bits per heavy atom. The Kier molecular flexibility index (Phi) is 2.21. The maximum atomic E-state index is 3.81. The van der Waals surface area contributed by atoms with Crippen molar-refractivity contribution in [2.75, 3.05) is 0 Å². The monoisotopic (exact) mass is 297 g/mol. The van der Waals surface area contributed by atoms with Crippen LogP contribution in [-0.2, 0) is 6.42 Å². The highest BCUT2D eigenvalue weighted by atomic mass is 14.7. The van der Waals surface area contributed by atoms with E-state index in [1.807, 2.05) is 0 Å². The molecule has 1 nitrogen and oxygen atoms in total. The molecule has 0 bridgehead atoms. The summed E-state index contributed by atoms with van der Waals surface area (Å²) in [5.74, 6) is 0.638. The average Bonchev–Trinajstić information content (AvgIpc) is 3.25. The highest BCUT2D eigenvalue weighted by molar-refractivity contribution is 5.89. The molecule has 6 rings (SSSR count). The molecule has 1 aromatic heterocycles. The third-order valence-corrected chi connectivity index (χ3v) is 5.98. The van der Waals surface area contributed by atoms with Crippen LogP contribution in [0.1, 0.15) is 36.9 Å². The Morgan fingerprint density at radius 2 is 1.87 bits per heavy atom. The minimum absolute atomic E-state index is 0.638. The standard InChI is InChI=1S/C22H19N/c1-2-6-13-10-11-19-21(14(13)7-3-1)18-12-17-15-8-4-5-9-16(20(15)17)22(18)23-19/h2-3,5-7,9,12,20,23H,1,4,8,10-11H2/t20-/m0/s1. The molecule has 1 heteroatoms. The minimum atomic E-state index is 0.638. The van der Waals surface area contributed by atoms with Gasteiger partial charge in [-0.25, -0.2) is 0 Å². The zero-order valence-corrected chi connectivity index (χ0v) is 13.2. The van der Waals surface area contributed by atoms with E-state index in [0.717, 1.165) is 19.3 Å². The molecule has 5 aliphatic carbocycles. The first kappa shape index (κ1) is 12.2. The van der Waals surface area contributed by atoms with Crippen molar-refractivity contribution in [3.63, 3.8) is 0 Å². The van der Waals surface area contributed by atoms with Crippen LogP contribution < -0.4 is 10.6 Å². The van der Waals surface area contributed by atoms with Gasteiger partial charge in [-0.3, -0.25) is 0 Å². The van der Waals surface area contributed by atoms with Gasteiger partial charge in [-0.1, -0.05) is 42.0 Å². The van der Waals surface area contributed by atoms with Gasteiger partial charge in [-0.15, -0.1) is 0 Å². The molecular weight excluding hydrogens is 278 g/mol. The van der Waals surface area contributed by atoms with Gasteiger partial charge < -0.3 is 4.98 Å². The first-order chi connectivity index (χ1) is 11.4. The molecule has 1 heterocycles. The molecule has 1 N–H and O–H groups in total. The lowest BCUT2D eigenvalue weighted by Gasteiger charge is -2.16. The van der Waals surface area contributed by atoms with Crippen LogP contribution in [0.4, 0.5) is 0 Å². The molecule has 0 saturated heterocycles. The summed E-state index contributed by atoms with van der Waals surface area (Å²) < 4.78 is 0. The third-order valence-electron chi connectivity index (χ3n) is 5.98. The van der Waals surface area contributed by atoms with Gasteiger partial charge in [-0.05, 0) is 60.5 Å². The number of allylic oxidation sites excluding steroid dienone is 10. The molecule has 112 valence electrons. The fourth-order valence-electron chi connectivity index (χ4n) is 4.86. The van der Waals surface area contributed by atoms with E-state index in [4.69, 9.17) is 0 Å². The van der Waals surface area contributed by atoms with Crippen LogP contribution in [0.3, 0.4) is 0 Å². The topological polar surface area (TPSA) is 15.8 Å². The van der Waals surface area contributed by atoms with Gasteiger partial charge in [-0.2, -0.15) is 0 Å². The van der Waals surface area contributed by atoms with Gasteiger partial charge in [0.15, 0.2) is 0 Å². The minimum Gasteiger partial charge on any atom is -0.358 e. The summed E-state index contributed by atoms with van der Waals surface area (Å²) in [6, 6.07) is 0. The molecule has 1 aromatic rings. The van der Waals surface area contributed by atoms with Crippen LogP contribution in [0.15, 0.2) is 53.2 Å². The van der Waals surface area contributed by atoms with Crippen LogP contribution in [0.25, 0.3) is 17.2 Å². The summed E-state index contributed by atoms with van der Waals surface area (Å²) in [7, 11) is 0. The fraction of sp³-hybridized carbons (Fsp3) is 0.273. The van der Waals surface area contributed by atoms with E-state index in [1.54, 1.807) is 11.1 Å². The maximum Gasteiger partial charge on any atom is 0.0504 e. The lowest BCUT2D eigenvalue weighted by atomic mass is 9.88. The molecule has 5 aliphatic rings. The lowest BCUT2D eigenvalue weighted by molar-refractivity contribution is 0.905. The molecule has 0 aromatic carbocycles. The van der Waals surface area contributed by atoms with E-state index in [1.165, 1.54) is 51.4 Å². The summed E-state index contributed by atoms with van der Waals surface area (Å²) in [4.78, 5) is 3.81. The normalized spacial score (nSPS) is 26.1. The van der Waals surface area contributed by atoms with Crippen LogP contribution in [-0.4, -0.2) is 4.98 Å². The molecule has 0 fully saturated rings. The number of H-pyrrole nitrogens is 1. The highest BCUT2D eigenvalue weighted by Crippen LogP contribution is 2.51. The Hall–Kier alpha value is -2.28. The van der Waals surface area contributed by atoms with Crippen LogP contribution in [0, 0.1) is 5.92 Å². The van der Waals surface area contributed by atoms with Crippen molar-refractivity contribution in [1.29, 1.82) is 0 Å². The lowest BCUT2D eigenvalue weighted by Crippen LogP contribution is -2.30. The first-order valence-electron chi connectivity index (χ1n) is 8.84. The summed E-state index contributed by atoms with van der Waals surface area (Å²) in [6.45, 7) is 0. The van der Waals surface area contributed by atoms with E-state index in [-0.39, 0.29) is 0 Å². The van der Waals surface area contributed by atoms with Crippen molar-refractivity contribution >= 4 is 17.2 Å². The Labute approximate surface area is 135 Å². The van der Waals surface area contributed by atoms with Crippen molar-refractivity contribution in [2.24, 2.45) is 5.92 Å². The molecule has 0 spiro atoms. The number of hydrogen-bond donors (Lipinski definition) is 1. The second kappa shape index (κ2) is 4.17. The van der Waals surface area contributed by atoms with Crippen molar-refractivity contribution in [2.45, 2.75) is 32.1 Å². The van der Waals surface area contributed by atoms with Gasteiger partial charge in [0.05, 0.1) is 5.35 Å². The van der Waals surface area contributed by atoms with Crippen molar-refractivity contribution < 1.29 is 0 Å². The molecule has 0 aliphatic heterocycles. The van der Waals surface area contributed by atoms with E-state index in [0.29, 0.717) is 5.92 Å². The smallest absolute Gasteiger partial charge is 0.0504 e. The zero-order chi connectivity index (χ0) is 15.0.